The molecule has 0 bridgehead atoms. The van der Waals surface area contributed by atoms with Gasteiger partial charge in [-0.3, -0.25) is 0 Å². The first-order valence-corrected chi connectivity index (χ1v) is 9.13. The number of hydrogen-bond donors (Lipinski definition) is 1. The predicted molar refractivity (Wildman–Crippen MR) is 82.1 cm³/mol. The highest BCUT2D eigenvalue weighted by Gasteiger charge is 2.29. The maximum absolute atomic E-state index is 11.7. The van der Waals surface area contributed by atoms with Gasteiger partial charge in [-0.1, -0.05) is 18.6 Å². The fourth-order valence-corrected chi connectivity index (χ4v) is 3.93. The van der Waals surface area contributed by atoms with E-state index in [9.17, 15) is 8.42 Å². The van der Waals surface area contributed by atoms with Gasteiger partial charge >= 0.3 is 0 Å². The summed E-state index contributed by atoms with van der Waals surface area (Å²) in [6.45, 7) is 2.58. The van der Waals surface area contributed by atoms with Crippen LogP contribution in [0.1, 0.15) is 32.6 Å². The third-order valence-electron chi connectivity index (χ3n) is 3.78. The normalized spacial score (nSPS) is 23.3. The number of sulfone groups is 1. The van der Waals surface area contributed by atoms with Crippen LogP contribution in [0.25, 0.3) is 0 Å². The monoisotopic (exact) mass is 297 g/mol. The molecule has 2 rings (SSSR count). The Hall–Kier alpha value is -1.23. The van der Waals surface area contributed by atoms with Crippen LogP contribution in [-0.2, 0) is 9.84 Å². The van der Waals surface area contributed by atoms with Crippen molar-refractivity contribution in [3.8, 4) is 5.75 Å². The van der Waals surface area contributed by atoms with E-state index >= 15 is 0 Å². The second-order valence-electron chi connectivity index (χ2n) is 5.39. The topological polar surface area (TPSA) is 55.4 Å². The molecule has 1 saturated carbocycles. The molecule has 20 heavy (non-hydrogen) atoms. The van der Waals surface area contributed by atoms with Crippen LogP contribution in [0.5, 0.6) is 5.75 Å². The summed E-state index contributed by atoms with van der Waals surface area (Å²) in [7, 11) is -2.94. The summed E-state index contributed by atoms with van der Waals surface area (Å²) in [5.41, 5.74) is 0.952. The molecule has 5 heteroatoms. The third kappa shape index (κ3) is 3.88. The summed E-state index contributed by atoms with van der Waals surface area (Å²) in [6.07, 6.45) is 4.76. The lowest BCUT2D eigenvalue weighted by Gasteiger charge is -2.29. The van der Waals surface area contributed by atoms with Crippen molar-refractivity contribution in [1.29, 1.82) is 0 Å². The smallest absolute Gasteiger partial charge is 0.150 e. The van der Waals surface area contributed by atoms with Gasteiger partial charge in [0.1, 0.15) is 15.6 Å². The highest BCUT2D eigenvalue weighted by Crippen LogP contribution is 2.30. The van der Waals surface area contributed by atoms with Crippen molar-refractivity contribution in [3.05, 3.63) is 24.3 Å². The first kappa shape index (κ1) is 15.2. The van der Waals surface area contributed by atoms with Crippen molar-refractivity contribution < 1.29 is 13.2 Å². The van der Waals surface area contributed by atoms with Crippen molar-refractivity contribution in [2.24, 2.45) is 0 Å². The Morgan fingerprint density at radius 2 is 2.05 bits per heavy atom. The third-order valence-corrected chi connectivity index (χ3v) is 5.42. The molecule has 4 nitrogen and oxygen atoms in total. The molecule has 0 saturated heterocycles. The van der Waals surface area contributed by atoms with Crippen molar-refractivity contribution in [1.82, 2.24) is 0 Å². The summed E-state index contributed by atoms with van der Waals surface area (Å²) in [5.74, 6) is 0.830. The number of benzene rings is 1. The number of rotatable bonds is 5. The maximum atomic E-state index is 11.7. The molecular formula is C15H23NO3S. The first-order chi connectivity index (χ1) is 9.50. The van der Waals surface area contributed by atoms with Gasteiger partial charge in [-0.15, -0.1) is 0 Å². The fourth-order valence-electron chi connectivity index (χ4n) is 2.75. The van der Waals surface area contributed by atoms with Gasteiger partial charge in [-0.05, 0) is 38.3 Å². The second kappa shape index (κ2) is 6.48. The van der Waals surface area contributed by atoms with Crippen LogP contribution in [0.15, 0.2) is 24.3 Å². The minimum Gasteiger partial charge on any atom is -0.492 e. The molecule has 0 heterocycles. The Kier molecular flexibility index (Phi) is 4.91. The summed E-state index contributed by atoms with van der Waals surface area (Å²) in [6, 6.07) is 8.01. The van der Waals surface area contributed by atoms with E-state index in [1.807, 2.05) is 31.2 Å². The van der Waals surface area contributed by atoms with Gasteiger partial charge in [0.25, 0.3) is 0 Å². The fraction of sp³-hybridized carbons (Fsp3) is 0.600. The zero-order valence-corrected chi connectivity index (χ0v) is 12.9. The minimum absolute atomic E-state index is 0.199. The summed E-state index contributed by atoms with van der Waals surface area (Å²) >= 11 is 0. The first-order valence-electron chi connectivity index (χ1n) is 7.18. The summed E-state index contributed by atoms with van der Waals surface area (Å²) in [5, 5.41) is 3.23. The largest absolute Gasteiger partial charge is 0.492 e. The quantitative estimate of drug-likeness (QED) is 0.908. The highest BCUT2D eigenvalue weighted by atomic mass is 32.2. The van der Waals surface area contributed by atoms with E-state index in [4.69, 9.17) is 4.74 Å². The molecule has 0 aromatic heterocycles. The average Bonchev–Trinajstić information content (AvgIpc) is 2.41. The lowest BCUT2D eigenvalue weighted by atomic mass is 9.94. The van der Waals surface area contributed by atoms with Crippen molar-refractivity contribution in [3.63, 3.8) is 0 Å². The van der Waals surface area contributed by atoms with Crippen LogP contribution in [0, 0.1) is 0 Å². The molecule has 2 unspecified atom stereocenters. The molecule has 1 N–H and O–H groups in total. The molecule has 0 amide bonds. The molecule has 1 aliphatic carbocycles. The van der Waals surface area contributed by atoms with E-state index in [0.29, 0.717) is 13.0 Å². The molecule has 1 aromatic rings. The average molecular weight is 297 g/mol. The van der Waals surface area contributed by atoms with E-state index in [1.54, 1.807) is 0 Å². The number of hydrogen-bond acceptors (Lipinski definition) is 4. The lowest BCUT2D eigenvalue weighted by Crippen LogP contribution is -2.34. The standard InChI is InChI=1S/C15H23NO3S/c1-3-19-15-10-5-4-9-14(15)16-12-7-6-8-13(11-12)20(2,17)18/h4-5,9-10,12-13,16H,3,6-8,11H2,1-2H3. The lowest BCUT2D eigenvalue weighted by molar-refractivity contribution is 0.341. The van der Waals surface area contributed by atoms with Crippen molar-refractivity contribution in [2.45, 2.75) is 43.9 Å². The molecule has 0 spiro atoms. The van der Waals surface area contributed by atoms with Crippen LogP contribution >= 0.6 is 0 Å². The van der Waals surface area contributed by atoms with Crippen LogP contribution in [0.3, 0.4) is 0 Å². The van der Waals surface area contributed by atoms with Gasteiger partial charge in [0.15, 0.2) is 0 Å². The van der Waals surface area contributed by atoms with E-state index in [2.05, 4.69) is 5.32 Å². The molecule has 0 radical (unpaired) electrons. The Morgan fingerprint density at radius 1 is 1.30 bits per heavy atom. The Balaban J connectivity index is 2.06. The van der Waals surface area contributed by atoms with Crippen LogP contribution in [-0.4, -0.2) is 32.6 Å². The molecule has 1 aromatic carbocycles. The zero-order chi connectivity index (χ0) is 14.6. The molecule has 1 aliphatic rings. The van der Waals surface area contributed by atoms with E-state index in [0.717, 1.165) is 30.7 Å². The van der Waals surface area contributed by atoms with Crippen molar-refractivity contribution >= 4 is 15.5 Å². The van der Waals surface area contributed by atoms with Gasteiger partial charge in [-0.25, -0.2) is 8.42 Å². The number of anilines is 1. The van der Waals surface area contributed by atoms with Gasteiger partial charge < -0.3 is 10.1 Å². The van der Waals surface area contributed by atoms with Gasteiger partial charge in [-0.2, -0.15) is 0 Å². The zero-order valence-electron chi connectivity index (χ0n) is 12.1. The molecular weight excluding hydrogens is 274 g/mol. The number of nitrogens with one attached hydrogen (secondary N) is 1. The van der Waals surface area contributed by atoms with Gasteiger partial charge in [0.2, 0.25) is 0 Å². The van der Waals surface area contributed by atoms with Crippen LogP contribution in [0.2, 0.25) is 0 Å². The Morgan fingerprint density at radius 3 is 2.75 bits per heavy atom. The number of para-hydroxylation sites is 2. The SMILES string of the molecule is CCOc1ccccc1NC1CCCC(S(C)(=O)=O)C1. The second-order valence-corrected chi connectivity index (χ2v) is 7.71. The molecule has 2 atom stereocenters. The van der Waals surface area contributed by atoms with Crippen LogP contribution in [0.4, 0.5) is 5.69 Å². The predicted octanol–water partition coefficient (Wildman–Crippen LogP) is 2.85. The Labute approximate surface area is 121 Å². The summed E-state index contributed by atoms with van der Waals surface area (Å²) in [4.78, 5) is 0. The Bertz CT molecular complexity index is 542. The van der Waals surface area contributed by atoms with E-state index in [1.165, 1.54) is 6.26 Å². The van der Waals surface area contributed by atoms with Gasteiger partial charge in [0, 0.05) is 12.3 Å². The number of ether oxygens (including phenoxy) is 1. The molecule has 0 aliphatic heterocycles. The summed E-state index contributed by atoms with van der Waals surface area (Å²) < 4.78 is 29.0. The molecule has 112 valence electrons. The van der Waals surface area contributed by atoms with Crippen molar-refractivity contribution in [2.75, 3.05) is 18.2 Å². The van der Waals surface area contributed by atoms with Gasteiger partial charge in [0.05, 0.1) is 17.5 Å². The van der Waals surface area contributed by atoms with Crippen LogP contribution < -0.4 is 10.1 Å². The molecule has 1 fully saturated rings. The maximum Gasteiger partial charge on any atom is 0.150 e. The van der Waals surface area contributed by atoms with E-state index < -0.39 is 9.84 Å². The van der Waals surface area contributed by atoms with E-state index in [-0.39, 0.29) is 11.3 Å². The highest BCUT2D eigenvalue weighted by molar-refractivity contribution is 7.91. The minimum atomic E-state index is -2.94.